The van der Waals surface area contributed by atoms with Gasteiger partial charge in [-0.3, -0.25) is 37.3 Å². The van der Waals surface area contributed by atoms with Crippen LogP contribution in [-0.2, 0) is 65.4 Å². The lowest BCUT2D eigenvalue weighted by Crippen LogP contribution is -2.30. The summed E-state index contributed by atoms with van der Waals surface area (Å²) in [6, 6.07) is 0. The van der Waals surface area contributed by atoms with E-state index in [1.807, 2.05) is 0 Å². The minimum atomic E-state index is -4.97. The topological polar surface area (TPSA) is 237 Å². The van der Waals surface area contributed by atoms with Gasteiger partial charge in [0.1, 0.15) is 19.3 Å². The maximum Gasteiger partial charge on any atom is 0.472 e. The molecule has 0 saturated heterocycles. The molecule has 0 aliphatic rings. The highest BCUT2D eigenvalue weighted by molar-refractivity contribution is 7.47. The monoisotopic (exact) mass is 1300 g/mol. The summed E-state index contributed by atoms with van der Waals surface area (Å²) in [7, 11) is -9.92. The zero-order valence-corrected chi connectivity index (χ0v) is 58.5. The summed E-state index contributed by atoms with van der Waals surface area (Å²) in [5, 5.41) is 10.6. The van der Waals surface area contributed by atoms with Gasteiger partial charge in [-0.05, 0) is 88.9 Å². The van der Waals surface area contributed by atoms with Crippen molar-refractivity contribution in [2.45, 2.75) is 323 Å². The van der Waals surface area contributed by atoms with Crippen molar-refractivity contribution in [2.75, 3.05) is 39.6 Å². The van der Waals surface area contributed by atoms with E-state index in [9.17, 15) is 43.2 Å². The van der Waals surface area contributed by atoms with Crippen molar-refractivity contribution >= 4 is 39.5 Å². The lowest BCUT2D eigenvalue weighted by Gasteiger charge is -2.21. The smallest absolute Gasteiger partial charge is 0.462 e. The van der Waals surface area contributed by atoms with Gasteiger partial charge >= 0.3 is 39.5 Å². The summed E-state index contributed by atoms with van der Waals surface area (Å²) in [6.07, 6.45) is 51.9. The molecule has 0 aliphatic carbocycles. The predicted molar refractivity (Wildman–Crippen MR) is 358 cm³/mol. The largest absolute Gasteiger partial charge is 0.472 e. The van der Waals surface area contributed by atoms with E-state index in [0.29, 0.717) is 37.5 Å². The van der Waals surface area contributed by atoms with Crippen LogP contribution in [0, 0.1) is 11.8 Å². The van der Waals surface area contributed by atoms with Gasteiger partial charge in [-0.1, -0.05) is 251 Å². The first-order valence-corrected chi connectivity index (χ1v) is 38.1. The predicted octanol–water partition coefficient (Wildman–Crippen LogP) is 19.1. The molecule has 89 heavy (non-hydrogen) atoms. The Bertz CT molecular complexity index is 1920. The molecule has 0 fully saturated rings. The molecule has 0 aromatic carbocycles. The number of esters is 4. The van der Waals surface area contributed by atoms with E-state index in [4.69, 9.17) is 37.0 Å². The number of aliphatic hydroxyl groups excluding tert-OH is 1. The average molecular weight is 1300 g/mol. The molecule has 19 heteroatoms. The number of carbonyl (C=O) groups excluding carboxylic acids is 4. The molecule has 0 bridgehead atoms. The van der Waals surface area contributed by atoms with E-state index in [1.165, 1.54) is 83.5 Å². The molecule has 0 heterocycles. The Balaban J connectivity index is 5.31. The van der Waals surface area contributed by atoms with Gasteiger partial charge in [-0.25, -0.2) is 9.13 Å². The van der Waals surface area contributed by atoms with E-state index in [1.54, 1.807) is 0 Å². The molecule has 2 unspecified atom stereocenters. The van der Waals surface area contributed by atoms with Crippen molar-refractivity contribution in [2.24, 2.45) is 11.8 Å². The van der Waals surface area contributed by atoms with Crippen LogP contribution in [0.4, 0.5) is 0 Å². The van der Waals surface area contributed by atoms with Gasteiger partial charge in [0, 0.05) is 25.7 Å². The van der Waals surface area contributed by atoms with Crippen LogP contribution in [0.3, 0.4) is 0 Å². The normalized spacial score (nSPS) is 14.5. The third-order valence-corrected chi connectivity index (χ3v) is 16.9. The minimum Gasteiger partial charge on any atom is -0.462 e. The molecule has 5 atom stereocenters. The molecule has 3 N–H and O–H groups in total. The second-order valence-corrected chi connectivity index (χ2v) is 27.8. The SMILES string of the molecule is CCCCCC/C=C\C=C/CCCCCCCC(=O)OC[C@H](COP(=O)(O)OC[C@@H](O)COP(=O)(O)OC[C@@H](COC(=O)CCCCCCCCC(C)C)OC(=O)CCCCCCCCCC(C)C)OC(=O)CCCCCCC/C=C\C=C/CCCCCC. The van der Waals surface area contributed by atoms with Crippen LogP contribution >= 0.6 is 15.6 Å². The first kappa shape index (κ1) is 86.0. The van der Waals surface area contributed by atoms with Crippen LogP contribution in [0.25, 0.3) is 0 Å². The van der Waals surface area contributed by atoms with Crippen LogP contribution in [0.2, 0.25) is 0 Å². The number of allylic oxidation sites excluding steroid dienone is 8. The van der Waals surface area contributed by atoms with E-state index < -0.39 is 97.5 Å². The summed E-state index contributed by atoms with van der Waals surface area (Å²) in [5.74, 6) is -0.823. The van der Waals surface area contributed by atoms with Gasteiger partial charge in [0.05, 0.1) is 26.4 Å². The van der Waals surface area contributed by atoms with Gasteiger partial charge in [0.25, 0.3) is 0 Å². The number of hydrogen-bond donors (Lipinski definition) is 3. The van der Waals surface area contributed by atoms with E-state index >= 15 is 0 Å². The quantitative estimate of drug-likeness (QED) is 0.0169. The highest BCUT2D eigenvalue weighted by Gasteiger charge is 2.30. The minimum absolute atomic E-state index is 0.0776. The number of unbranched alkanes of at least 4 members (excludes halogenated alkanes) is 29. The molecule has 0 spiro atoms. The van der Waals surface area contributed by atoms with Crippen LogP contribution in [0.1, 0.15) is 305 Å². The molecule has 0 rings (SSSR count). The molecule has 0 aromatic rings. The van der Waals surface area contributed by atoms with Crippen LogP contribution in [-0.4, -0.2) is 96.7 Å². The lowest BCUT2D eigenvalue weighted by atomic mass is 10.0. The van der Waals surface area contributed by atoms with Crippen LogP contribution in [0.15, 0.2) is 48.6 Å². The molecule has 0 radical (unpaired) electrons. The third-order valence-electron chi connectivity index (χ3n) is 15.0. The number of aliphatic hydroxyl groups is 1. The fourth-order valence-electron chi connectivity index (χ4n) is 9.51. The zero-order valence-electron chi connectivity index (χ0n) is 56.7. The van der Waals surface area contributed by atoms with Crippen LogP contribution < -0.4 is 0 Å². The molecule has 0 amide bonds. The van der Waals surface area contributed by atoms with Crippen molar-refractivity contribution in [3.05, 3.63) is 48.6 Å². The Hall–Kier alpha value is -2.98. The summed E-state index contributed by atoms with van der Waals surface area (Å²) in [6.45, 7) is 9.25. The van der Waals surface area contributed by atoms with E-state index in [0.717, 1.165) is 128 Å². The Kier molecular flexibility index (Phi) is 59.2. The average Bonchev–Trinajstić information content (AvgIpc) is 3.71. The number of rotatable bonds is 65. The standard InChI is InChI=1S/C70H128O17P2/c1-7-9-11-13-15-17-19-21-23-25-27-29-33-40-46-52-67(72)80-58-65(86-69(74)54-48-42-34-30-28-26-24-22-20-18-16-14-12-10-8-2)60-84-88(76,77)82-56-64(71)57-83-89(78,79)85-61-66(59-81-68(73)53-47-41-37-36-39-45-51-63(5)6)87-70(75)55-49-43-35-31-32-38-44-50-62(3)4/h17-24,62-66,71H,7-16,25-61H2,1-6H3,(H,76,77)(H,78,79)/b19-17-,20-18-,23-21-,24-22-/t64-,65-,66-/m1/s1. The maximum atomic E-state index is 13.0. The fraction of sp³-hybridized carbons (Fsp3) is 0.829. The van der Waals surface area contributed by atoms with Gasteiger partial charge in [-0.2, -0.15) is 0 Å². The van der Waals surface area contributed by atoms with Crippen molar-refractivity contribution in [3.63, 3.8) is 0 Å². The Morgan fingerprint density at radius 1 is 0.348 bits per heavy atom. The van der Waals surface area contributed by atoms with Gasteiger partial charge in [0.15, 0.2) is 12.2 Å². The number of ether oxygens (including phenoxy) is 4. The first-order valence-electron chi connectivity index (χ1n) is 35.1. The number of hydrogen-bond acceptors (Lipinski definition) is 15. The molecular formula is C70H128O17P2. The molecule has 0 saturated carbocycles. The maximum absolute atomic E-state index is 13.0. The summed E-state index contributed by atoms with van der Waals surface area (Å²) in [4.78, 5) is 72.4. The van der Waals surface area contributed by atoms with Crippen molar-refractivity contribution in [1.82, 2.24) is 0 Å². The summed E-state index contributed by atoms with van der Waals surface area (Å²) >= 11 is 0. The molecule has 0 aromatic heterocycles. The highest BCUT2D eigenvalue weighted by atomic mass is 31.2. The fourth-order valence-corrected chi connectivity index (χ4v) is 11.1. The van der Waals surface area contributed by atoms with E-state index in [2.05, 4.69) is 90.2 Å². The lowest BCUT2D eigenvalue weighted by molar-refractivity contribution is -0.161. The summed E-state index contributed by atoms with van der Waals surface area (Å²) in [5.41, 5.74) is 0. The Morgan fingerprint density at radius 3 is 0.910 bits per heavy atom. The highest BCUT2D eigenvalue weighted by Crippen LogP contribution is 2.45. The van der Waals surface area contributed by atoms with Crippen molar-refractivity contribution < 1.29 is 80.2 Å². The molecular weight excluding hydrogens is 1170 g/mol. The molecule has 17 nitrogen and oxygen atoms in total. The second-order valence-electron chi connectivity index (χ2n) is 24.8. The number of carbonyl (C=O) groups is 4. The van der Waals surface area contributed by atoms with Gasteiger partial charge in [-0.15, -0.1) is 0 Å². The zero-order chi connectivity index (χ0) is 65.7. The number of phosphoric acid groups is 2. The number of phosphoric ester groups is 2. The van der Waals surface area contributed by atoms with E-state index in [-0.39, 0.29) is 25.7 Å². The Labute approximate surface area is 540 Å². The van der Waals surface area contributed by atoms with Crippen molar-refractivity contribution in [1.29, 1.82) is 0 Å². The molecule has 520 valence electrons. The molecule has 0 aliphatic heterocycles. The van der Waals surface area contributed by atoms with Crippen LogP contribution in [0.5, 0.6) is 0 Å². The van der Waals surface area contributed by atoms with Crippen molar-refractivity contribution in [3.8, 4) is 0 Å². The Morgan fingerprint density at radius 2 is 0.607 bits per heavy atom. The van der Waals surface area contributed by atoms with Gasteiger partial charge < -0.3 is 33.8 Å². The first-order chi connectivity index (χ1) is 42.9. The second kappa shape index (κ2) is 61.2. The van der Waals surface area contributed by atoms with Gasteiger partial charge in [0.2, 0.25) is 0 Å². The summed E-state index contributed by atoms with van der Waals surface area (Å²) < 4.78 is 68.1. The third kappa shape index (κ3) is 63.6.